The summed E-state index contributed by atoms with van der Waals surface area (Å²) in [6, 6.07) is 4.94. The van der Waals surface area contributed by atoms with Crippen LogP contribution in [0.2, 0.25) is 0 Å². The smallest absolute Gasteiger partial charge is 0.153 e. The summed E-state index contributed by atoms with van der Waals surface area (Å²) in [5.41, 5.74) is 1.76. The highest BCUT2D eigenvalue weighted by Gasteiger charge is 2.22. The fourth-order valence-corrected chi connectivity index (χ4v) is 1.36. The van der Waals surface area contributed by atoms with E-state index in [9.17, 15) is 4.79 Å². The standard InChI is InChI=1S/C9H8O3/c10-4-9-8-3-7(11)2-1-6(8)5-12-9/h1-4,9,11H,5H2. The highest BCUT2D eigenvalue weighted by atomic mass is 16.5. The number of carbonyl (C=O) groups excluding carboxylic acids is 1. The molecule has 1 aromatic rings. The summed E-state index contributed by atoms with van der Waals surface area (Å²) in [4.78, 5) is 10.5. The number of rotatable bonds is 1. The van der Waals surface area contributed by atoms with Gasteiger partial charge in [0.25, 0.3) is 0 Å². The molecule has 1 unspecified atom stereocenters. The minimum Gasteiger partial charge on any atom is -0.508 e. The van der Waals surface area contributed by atoms with Gasteiger partial charge < -0.3 is 14.6 Å². The Morgan fingerprint density at radius 1 is 1.58 bits per heavy atom. The molecule has 0 saturated carbocycles. The van der Waals surface area contributed by atoms with Crippen molar-refractivity contribution in [2.75, 3.05) is 0 Å². The molecule has 62 valence electrons. The lowest BCUT2D eigenvalue weighted by atomic mass is 10.1. The molecular formula is C9H8O3. The van der Waals surface area contributed by atoms with E-state index in [4.69, 9.17) is 9.84 Å². The monoisotopic (exact) mass is 164 g/mol. The molecule has 0 fully saturated rings. The molecule has 1 aromatic carbocycles. The summed E-state index contributed by atoms with van der Waals surface area (Å²) in [6.07, 6.45) is 0.248. The second kappa shape index (κ2) is 2.60. The van der Waals surface area contributed by atoms with E-state index in [0.29, 0.717) is 6.61 Å². The molecule has 0 saturated heterocycles. The molecule has 0 aliphatic carbocycles. The Kier molecular flexibility index (Phi) is 1.59. The van der Waals surface area contributed by atoms with Crippen LogP contribution in [0.1, 0.15) is 17.2 Å². The summed E-state index contributed by atoms with van der Waals surface area (Å²) < 4.78 is 5.15. The second-order valence-electron chi connectivity index (χ2n) is 2.75. The lowest BCUT2D eigenvalue weighted by Crippen LogP contribution is -1.95. The molecule has 1 N–H and O–H groups in total. The van der Waals surface area contributed by atoms with E-state index >= 15 is 0 Å². The normalized spacial score (nSPS) is 20.5. The van der Waals surface area contributed by atoms with Crippen LogP contribution in [0.15, 0.2) is 18.2 Å². The number of ether oxygens (including phenoxy) is 1. The van der Waals surface area contributed by atoms with Gasteiger partial charge in [-0.2, -0.15) is 0 Å². The van der Waals surface area contributed by atoms with Crippen LogP contribution in [-0.4, -0.2) is 11.4 Å². The molecule has 0 bridgehead atoms. The molecule has 3 heteroatoms. The van der Waals surface area contributed by atoms with Crippen molar-refractivity contribution >= 4 is 6.29 Å². The van der Waals surface area contributed by atoms with Crippen LogP contribution >= 0.6 is 0 Å². The first kappa shape index (κ1) is 7.31. The Balaban J connectivity index is 2.49. The van der Waals surface area contributed by atoms with E-state index in [1.165, 1.54) is 0 Å². The van der Waals surface area contributed by atoms with Crippen LogP contribution in [-0.2, 0) is 16.1 Å². The minimum atomic E-state index is -0.493. The van der Waals surface area contributed by atoms with E-state index in [1.54, 1.807) is 18.2 Å². The number of carbonyl (C=O) groups is 1. The van der Waals surface area contributed by atoms with Crippen molar-refractivity contribution in [2.24, 2.45) is 0 Å². The zero-order chi connectivity index (χ0) is 8.55. The number of phenolic OH excluding ortho intramolecular Hbond substituents is 1. The summed E-state index contributed by atoms with van der Waals surface area (Å²) in [6.45, 7) is 0.457. The topological polar surface area (TPSA) is 46.5 Å². The Hall–Kier alpha value is -1.35. The van der Waals surface area contributed by atoms with Crippen molar-refractivity contribution in [1.82, 2.24) is 0 Å². The maximum Gasteiger partial charge on any atom is 0.153 e. The summed E-state index contributed by atoms with van der Waals surface area (Å²) in [5, 5.41) is 9.14. The zero-order valence-corrected chi connectivity index (χ0v) is 6.36. The molecule has 2 rings (SSSR count). The minimum absolute atomic E-state index is 0.172. The number of phenols is 1. The van der Waals surface area contributed by atoms with E-state index in [1.807, 2.05) is 0 Å². The SMILES string of the molecule is O=CC1OCc2ccc(O)cc21. The van der Waals surface area contributed by atoms with Crippen molar-refractivity contribution in [3.63, 3.8) is 0 Å². The first-order chi connectivity index (χ1) is 5.81. The number of aromatic hydroxyl groups is 1. The van der Waals surface area contributed by atoms with Crippen molar-refractivity contribution in [3.05, 3.63) is 29.3 Å². The lowest BCUT2D eigenvalue weighted by Gasteiger charge is -2.01. The number of hydrogen-bond acceptors (Lipinski definition) is 3. The van der Waals surface area contributed by atoms with Crippen LogP contribution < -0.4 is 0 Å². The van der Waals surface area contributed by atoms with Gasteiger partial charge in [-0.15, -0.1) is 0 Å². The van der Waals surface area contributed by atoms with Gasteiger partial charge in [-0.25, -0.2) is 0 Å². The van der Waals surface area contributed by atoms with Gasteiger partial charge in [0.15, 0.2) is 6.29 Å². The molecule has 12 heavy (non-hydrogen) atoms. The third-order valence-corrected chi connectivity index (χ3v) is 1.98. The number of fused-ring (bicyclic) bond motifs is 1. The first-order valence-electron chi connectivity index (χ1n) is 3.70. The molecule has 0 aromatic heterocycles. The predicted molar refractivity (Wildman–Crippen MR) is 41.7 cm³/mol. The van der Waals surface area contributed by atoms with Gasteiger partial charge in [0.1, 0.15) is 11.9 Å². The zero-order valence-electron chi connectivity index (χ0n) is 6.36. The predicted octanol–water partition coefficient (Wildman–Crippen LogP) is 1.16. The average molecular weight is 164 g/mol. The van der Waals surface area contributed by atoms with Gasteiger partial charge in [0.2, 0.25) is 0 Å². The molecule has 3 nitrogen and oxygen atoms in total. The van der Waals surface area contributed by atoms with E-state index in [-0.39, 0.29) is 5.75 Å². The maximum absolute atomic E-state index is 10.5. The average Bonchev–Trinajstić information content (AvgIpc) is 2.46. The Morgan fingerprint density at radius 3 is 3.17 bits per heavy atom. The van der Waals surface area contributed by atoms with Gasteiger partial charge in [0, 0.05) is 0 Å². The number of benzene rings is 1. The lowest BCUT2D eigenvalue weighted by molar-refractivity contribution is -0.117. The van der Waals surface area contributed by atoms with E-state index in [2.05, 4.69) is 0 Å². The number of aldehydes is 1. The van der Waals surface area contributed by atoms with Crippen LogP contribution in [0.3, 0.4) is 0 Å². The van der Waals surface area contributed by atoms with Crippen molar-refractivity contribution in [2.45, 2.75) is 12.7 Å². The highest BCUT2D eigenvalue weighted by molar-refractivity contribution is 5.63. The fraction of sp³-hybridized carbons (Fsp3) is 0.222. The Morgan fingerprint density at radius 2 is 2.42 bits per heavy atom. The molecule has 0 radical (unpaired) electrons. The van der Waals surface area contributed by atoms with Crippen molar-refractivity contribution < 1.29 is 14.6 Å². The van der Waals surface area contributed by atoms with Crippen LogP contribution in [0.25, 0.3) is 0 Å². The number of hydrogen-bond donors (Lipinski definition) is 1. The quantitative estimate of drug-likeness (QED) is 0.633. The van der Waals surface area contributed by atoms with Crippen LogP contribution in [0.5, 0.6) is 5.75 Å². The van der Waals surface area contributed by atoms with Crippen LogP contribution in [0.4, 0.5) is 0 Å². The van der Waals surface area contributed by atoms with E-state index < -0.39 is 6.10 Å². The molecule has 0 spiro atoms. The fourth-order valence-electron chi connectivity index (χ4n) is 1.36. The third kappa shape index (κ3) is 0.987. The highest BCUT2D eigenvalue weighted by Crippen LogP contribution is 2.31. The van der Waals surface area contributed by atoms with Gasteiger partial charge in [-0.05, 0) is 23.3 Å². The summed E-state index contributed by atoms with van der Waals surface area (Å²) in [7, 11) is 0. The molecule has 1 aliphatic heterocycles. The van der Waals surface area contributed by atoms with Gasteiger partial charge in [-0.3, -0.25) is 0 Å². The van der Waals surface area contributed by atoms with Gasteiger partial charge in [-0.1, -0.05) is 6.07 Å². The maximum atomic E-state index is 10.5. The molecule has 1 atom stereocenters. The van der Waals surface area contributed by atoms with Gasteiger partial charge in [0.05, 0.1) is 6.61 Å². The van der Waals surface area contributed by atoms with Gasteiger partial charge >= 0.3 is 0 Å². The van der Waals surface area contributed by atoms with Crippen molar-refractivity contribution in [3.8, 4) is 5.75 Å². The van der Waals surface area contributed by atoms with Crippen molar-refractivity contribution in [1.29, 1.82) is 0 Å². The molecule has 1 heterocycles. The molecular weight excluding hydrogens is 156 g/mol. The van der Waals surface area contributed by atoms with E-state index in [0.717, 1.165) is 17.4 Å². The summed E-state index contributed by atoms with van der Waals surface area (Å²) >= 11 is 0. The molecule has 0 amide bonds. The Bertz CT molecular complexity index is 320. The third-order valence-electron chi connectivity index (χ3n) is 1.98. The second-order valence-corrected chi connectivity index (χ2v) is 2.75. The largest absolute Gasteiger partial charge is 0.508 e. The first-order valence-corrected chi connectivity index (χ1v) is 3.70. The van der Waals surface area contributed by atoms with Crippen LogP contribution in [0, 0.1) is 0 Å². The Labute approximate surface area is 69.6 Å². The summed E-state index contributed by atoms with van der Waals surface area (Å²) in [5.74, 6) is 0.172. The molecule has 1 aliphatic rings.